The van der Waals surface area contributed by atoms with Crippen molar-refractivity contribution < 1.29 is 13.2 Å². The van der Waals surface area contributed by atoms with Gasteiger partial charge >= 0.3 is 0 Å². The summed E-state index contributed by atoms with van der Waals surface area (Å²) in [6.07, 6.45) is 1.34. The molecule has 0 spiro atoms. The maximum absolute atomic E-state index is 12.2. The molecule has 0 bridgehead atoms. The fourth-order valence-corrected chi connectivity index (χ4v) is 4.05. The molecule has 2 atom stereocenters. The van der Waals surface area contributed by atoms with Crippen molar-refractivity contribution in [2.45, 2.75) is 31.6 Å². The zero-order chi connectivity index (χ0) is 16.2. The second-order valence-corrected chi connectivity index (χ2v) is 7.97. The Balaban J connectivity index is 1.84. The number of amides is 1. The number of sulfonamides is 1. The van der Waals surface area contributed by atoms with Gasteiger partial charge in [0.2, 0.25) is 15.9 Å². The molecule has 0 saturated carbocycles. The average Bonchev–Trinajstić information content (AvgIpc) is 2.47. The van der Waals surface area contributed by atoms with Crippen LogP contribution in [0.5, 0.6) is 0 Å². The highest BCUT2D eigenvalue weighted by Crippen LogP contribution is 2.21. The second-order valence-electron chi connectivity index (χ2n) is 6.21. The summed E-state index contributed by atoms with van der Waals surface area (Å²) < 4.78 is 26.6. The van der Waals surface area contributed by atoms with Crippen LogP contribution in [0.2, 0.25) is 0 Å². The van der Waals surface area contributed by atoms with Crippen LogP contribution < -0.4 is 4.72 Å². The molecular weight excluding hydrogens is 300 g/mol. The van der Waals surface area contributed by atoms with E-state index in [0.717, 1.165) is 19.5 Å². The Labute approximate surface area is 132 Å². The van der Waals surface area contributed by atoms with Gasteiger partial charge in [-0.1, -0.05) is 32.0 Å². The number of carbonyl (C=O) groups excluding carboxylic acids is 1. The van der Waals surface area contributed by atoms with E-state index in [1.807, 2.05) is 4.90 Å². The topological polar surface area (TPSA) is 66.5 Å². The number of benzene rings is 1. The maximum atomic E-state index is 12.2. The van der Waals surface area contributed by atoms with Gasteiger partial charge in [0.15, 0.2) is 0 Å². The molecule has 122 valence electrons. The quantitative estimate of drug-likeness (QED) is 0.899. The Kier molecular flexibility index (Phi) is 5.58. The third kappa shape index (κ3) is 4.55. The smallest absolute Gasteiger partial charge is 0.240 e. The number of hydrogen-bond donors (Lipinski definition) is 1. The van der Waals surface area contributed by atoms with Crippen LogP contribution in [0, 0.1) is 11.8 Å². The number of carbonyl (C=O) groups is 1. The predicted octanol–water partition coefficient (Wildman–Crippen LogP) is 1.86. The van der Waals surface area contributed by atoms with E-state index in [2.05, 4.69) is 18.6 Å². The molecule has 1 heterocycles. The second kappa shape index (κ2) is 7.24. The highest BCUT2D eigenvalue weighted by molar-refractivity contribution is 7.89. The van der Waals surface area contributed by atoms with Gasteiger partial charge in [-0.25, -0.2) is 13.1 Å². The van der Waals surface area contributed by atoms with Crippen molar-refractivity contribution >= 4 is 15.9 Å². The van der Waals surface area contributed by atoms with Crippen LogP contribution in [0.4, 0.5) is 0 Å². The van der Waals surface area contributed by atoms with Crippen molar-refractivity contribution in [1.29, 1.82) is 0 Å². The van der Waals surface area contributed by atoms with Crippen LogP contribution in [0.3, 0.4) is 0 Å². The maximum Gasteiger partial charge on any atom is 0.240 e. The molecule has 1 N–H and O–H groups in total. The molecule has 0 radical (unpaired) electrons. The molecule has 1 aromatic rings. The van der Waals surface area contributed by atoms with E-state index in [9.17, 15) is 13.2 Å². The van der Waals surface area contributed by atoms with Crippen LogP contribution in [-0.4, -0.2) is 38.9 Å². The summed E-state index contributed by atoms with van der Waals surface area (Å²) in [5.41, 5.74) is 0. The lowest BCUT2D eigenvalue weighted by molar-refractivity contribution is -0.133. The lowest BCUT2D eigenvalue weighted by Gasteiger charge is -2.35. The fourth-order valence-electron chi connectivity index (χ4n) is 3.00. The minimum absolute atomic E-state index is 0.0224. The molecule has 0 unspecified atom stereocenters. The van der Waals surface area contributed by atoms with Gasteiger partial charge in [-0.15, -0.1) is 0 Å². The molecule has 1 saturated heterocycles. The lowest BCUT2D eigenvalue weighted by Crippen LogP contribution is -2.43. The number of nitrogens with one attached hydrogen (secondary N) is 1. The molecule has 6 heteroatoms. The molecule has 22 heavy (non-hydrogen) atoms. The molecular formula is C16H24N2O3S. The van der Waals surface area contributed by atoms with Crippen molar-refractivity contribution in [1.82, 2.24) is 9.62 Å². The van der Waals surface area contributed by atoms with Gasteiger partial charge in [-0.3, -0.25) is 4.79 Å². The van der Waals surface area contributed by atoms with Crippen molar-refractivity contribution in [3.05, 3.63) is 30.3 Å². The first kappa shape index (κ1) is 17.0. The summed E-state index contributed by atoms with van der Waals surface area (Å²) in [4.78, 5) is 14.3. The first-order valence-corrected chi connectivity index (χ1v) is 9.19. The van der Waals surface area contributed by atoms with E-state index in [-0.39, 0.29) is 23.8 Å². The zero-order valence-electron chi connectivity index (χ0n) is 13.2. The van der Waals surface area contributed by atoms with Crippen LogP contribution in [0.15, 0.2) is 35.2 Å². The van der Waals surface area contributed by atoms with Crippen LogP contribution in [0.1, 0.15) is 26.7 Å². The molecule has 2 rings (SSSR count). The van der Waals surface area contributed by atoms with Crippen molar-refractivity contribution in [2.24, 2.45) is 11.8 Å². The van der Waals surface area contributed by atoms with Crippen molar-refractivity contribution in [2.75, 3.05) is 19.6 Å². The largest absolute Gasteiger partial charge is 0.342 e. The minimum atomic E-state index is -3.53. The number of rotatable bonds is 5. The standard InChI is InChI=1S/C16H24N2O3S/c1-13-10-14(2)12-18(11-13)16(19)8-9-17-22(20,21)15-6-4-3-5-7-15/h3-7,13-14,17H,8-12H2,1-2H3/t13-,14-/m0/s1. The first-order chi connectivity index (χ1) is 10.4. The summed E-state index contributed by atoms with van der Waals surface area (Å²) in [5.74, 6) is 1.04. The SMILES string of the molecule is C[C@H]1C[C@H](C)CN(C(=O)CCNS(=O)(=O)c2ccccc2)C1. The molecule has 0 aromatic heterocycles. The van der Waals surface area contributed by atoms with Crippen LogP contribution >= 0.6 is 0 Å². The van der Waals surface area contributed by atoms with Gasteiger partial charge in [0.25, 0.3) is 0 Å². The summed E-state index contributed by atoms with van der Waals surface area (Å²) in [5, 5.41) is 0. The Morgan fingerprint density at radius 3 is 2.36 bits per heavy atom. The van der Waals surface area contributed by atoms with Crippen LogP contribution in [0.25, 0.3) is 0 Å². The Hall–Kier alpha value is -1.40. The lowest BCUT2D eigenvalue weighted by atomic mass is 9.92. The number of likely N-dealkylation sites (tertiary alicyclic amines) is 1. The van der Waals surface area contributed by atoms with Crippen molar-refractivity contribution in [3.63, 3.8) is 0 Å². The molecule has 1 amide bonds. The van der Waals surface area contributed by atoms with Crippen LogP contribution in [-0.2, 0) is 14.8 Å². The average molecular weight is 324 g/mol. The Morgan fingerprint density at radius 1 is 1.18 bits per heavy atom. The summed E-state index contributed by atoms with van der Waals surface area (Å²) in [6, 6.07) is 8.20. The number of nitrogens with zero attached hydrogens (tertiary/aromatic N) is 1. The van der Waals surface area contributed by atoms with Gasteiger partial charge in [0.1, 0.15) is 0 Å². The molecule has 1 aliphatic heterocycles. The number of hydrogen-bond acceptors (Lipinski definition) is 3. The summed E-state index contributed by atoms with van der Waals surface area (Å²) >= 11 is 0. The minimum Gasteiger partial charge on any atom is -0.342 e. The van der Waals surface area contributed by atoms with Gasteiger partial charge in [0, 0.05) is 26.1 Å². The number of piperidine rings is 1. The van der Waals surface area contributed by atoms with Gasteiger partial charge < -0.3 is 4.90 Å². The van der Waals surface area contributed by atoms with E-state index in [0.29, 0.717) is 11.8 Å². The first-order valence-electron chi connectivity index (χ1n) is 7.71. The third-order valence-electron chi connectivity index (χ3n) is 3.91. The summed E-state index contributed by atoms with van der Waals surface area (Å²) in [6.45, 7) is 5.97. The van der Waals surface area contributed by atoms with E-state index < -0.39 is 10.0 Å². The van der Waals surface area contributed by atoms with E-state index in [4.69, 9.17) is 0 Å². The van der Waals surface area contributed by atoms with Gasteiger partial charge in [-0.05, 0) is 30.4 Å². The fraction of sp³-hybridized carbons (Fsp3) is 0.562. The van der Waals surface area contributed by atoms with Gasteiger partial charge in [0.05, 0.1) is 4.90 Å². The third-order valence-corrected chi connectivity index (χ3v) is 5.38. The summed E-state index contributed by atoms with van der Waals surface area (Å²) in [7, 11) is -3.53. The Morgan fingerprint density at radius 2 is 1.77 bits per heavy atom. The van der Waals surface area contributed by atoms with Gasteiger partial charge in [-0.2, -0.15) is 0 Å². The molecule has 1 aliphatic rings. The Bertz CT molecular complexity index is 591. The monoisotopic (exact) mass is 324 g/mol. The van der Waals surface area contributed by atoms with E-state index >= 15 is 0 Å². The molecule has 5 nitrogen and oxygen atoms in total. The van der Waals surface area contributed by atoms with Crippen molar-refractivity contribution in [3.8, 4) is 0 Å². The normalized spacial score (nSPS) is 22.5. The molecule has 0 aliphatic carbocycles. The van der Waals surface area contributed by atoms with E-state index in [1.165, 1.54) is 12.1 Å². The predicted molar refractivity (Wildman–Crippen MR) is 85.8 cm³/mol. The molecule has 1 aromatic carbocycles. The zero-order valence-corrected chi connectivity index (χ0v) is 14.0. The highest BCUT2D eigenvalue weighted by atomic mass is 32.2. The van der Waals surface area contributed by atoms with E-state index in [1.54, 1.807) is 18.2 Å². The highest BCUT2D eigenvalue weighted by Gasteiger charge is 2.25. The molecule has 1 fully saturated rings.